The summed E-state index contributed by atoms with van der Waals surface area (Å²) in [5.41, 5.74) is 2.90. The first-order valence-corrected chi connectivity index (χ1v) is 10.7. The van der Waals surface area contributed by atoms with Gasteiger partial charge in [-0.05, 0) is 35.7 Å². The van der Waals surface area contributed by atoms with Gasteiger partial charge in [-0.2, -0.15) is 0 Å². The highest BCUT2D eigenvalue weighted by Gasteiger charge is 2.19. The zero-order valence-corrected chi connectivity index (χ0v) is 17.3. The van der Waals surface area contributed by atoms with Gasteiger partial charge >= 0.3 is 0 Å². The molecule has 0 aliphatic carbocycles. The molecule has 2 N–H and O–H groups in total. The minimum Gasteiger partial charge on any atom is -0.337 e. The molecule has 7 nitrogen and oxygen atoms in total. The van der Waals surface area contributed by atoms with Crippen molar-refractivity contribution in [3.05, 3.63) is 59.2 Å². The van der Waals surface area contributed by atoms with Gasteiger partial charge in [-0.15, -0.1) is 0 Å². The fourth-order valence-corrected chi connectivity index (χ4v) is 3.30. The molecule has 28 heavy (non-hydrogen) atoms. The molecule has 2 amide bonds. The summed E-state index contributed by atoms with van der Waals surface area (Å²) < 4.78 is 25.7. The molecule has 2 rings (SSSR count). The number of nitrogens with one attached hydrogen (secondary N) is 2. The molecule has 0 fully saturated rings. The van der Waals surface area contributed by atoms with Crippen LogP contribution in [-0.2, 0) is 27.8 Å². The molecule has 0 aliphatic rings. The Hall–Kier alpha value is -2.87. The van der Waals surface area contributed by atoms with Gasteiger partial charge in [-0.25, -0.2) is 8.42 Å². The van der Waals surface area contributed by atoms with Gasteiger partial charge in [0.25, 0.3) is 5.91 Å². The average Bonchev–Trinajstić information content (AvgIpc) is 2.61. The van der Waals surface area contributed by atoms with Gasteiger partial charge in [0.2, 0.25) is 15.9 Å². The highest BCUT2D eigenvalue weighted by atomic mass is 32.2. The molecule has 2 aromatic carbocycles. The molecule has 0 radical (unpaired) electrons. The van der Waals surface area contributed by atoms with Crippen LogP contribution < -0.4 is 10.0 Å². The Labute approximate surface area is 165 Å². The Bertz CT molecular complexity index is 969. The Balaban J connectivity index is 2.32. The Morgan fingerprint density at radius 1 is 1.04 bits per heavy atom. The second-order valence-electron chi connectivity index (χ2n) is 6.65. The third-order valence-electron chi connectivity index (χ3n) is 4.06. The molecule has 0 spiro atoms. The lowest BCUT2D eigenvalue weighted by Crippen LogP contribution is -2.27. The summed E-state index contributed by atoms with van der Waals surface area (Å²) >= 11 is 0. The average molecular weight is 404 g/mol. The molecule has 0 aromatic heterocycles. The van der Waals surface area contributed by atoms with Crippen molar-refractivity contribution in [1.82, 2.24) is 4.90 Å². The van der Waals surface area contributed by atoms with Gasteiger partial charge in [0.1, 0.15) is 0 Å². The number of aryl methyl sites for hydroxylation is 1. The van der Waals surface area contributed by atoms with E-state index in [2.05, 4.69) is 17.0 Å². The number of hydrogen-bond donors (Lipinski definition) is 2. The summed E-state index contributed by atoms with van der Waals surface area (Å²) in [6.45, 7) is 3.80. The molecule has 0 heterocycles. The summed E-state index contributed by atoms with van der Waals surface area (Å²) in [5.74, 6) is -0.649. The standard InChI is InChI=1S/C20H25N3O4S/c1-5-15-6-8-16(9-7-15)13-23(3)20(25)18-12-17(21-14(2)24)10-11-19(18)22-28(4,26)27/h6-12,22H,5,13H2,1-4H3,(H,21,24). The molecule has 0 saturated carbocycles. The van der Waals surface area contributed by atoms with Crippen LogP contribution in [0, 0.1) is 0 Å². The molecule has 0 atom stereocenters. The summed E-state index contributed by atoms with van der Waals surface area (Å²) in [6.07, 6.45) is 1.95. The predicted molar refractivity (Wildman–Crippen MR) is 111 cm³/mol. The van der Waals surface area contributed by atoms with Crippen LogP contribution in [0.5, 0.6) is 0 Å². The third-order valence-corrected chi connectivity index (χ3v) is 4.65. The van der Waals surface area contributed by atoms with E-state index in [1.54, 1.807) is 7.05 Å². The quantitative estimate of drug-likeness (QED) is 0.743. The maximum atomic E-state index is 13.0. The molecular formula is C20H25N3O4S. The largest absolute Gasteiger partial charge is 0.337 e. The van der Waals surface area contributed by atoms with E-state index >= 15 is 0 Å². The van der Waals surface area contributed by atoms with Gasteiger partial charge in [0.05, 0.1) is 17.5 Å². The van der Waals surface area contributed by atoms with E-state index in [-0.39, 0.29) is 23.1 Å². The Morgan fingerprint density at radius 2 is 1.64 bits per heavy atom. The SMILES string of the molecule is CCc1ccc(CN(C)C(=O)c2cc(NC(C)=O)ccc2NS(C)(=O)=O)cc1. The fourth-order valence-electron chi connectivity index (χ4n) is 2.72. The lowest BCUT2D eigenvalue weighted by atomic mass is 10.1. The van der Waals surface area contributed by atoms with Crippen molar-refractivity contribution in [1.29, 1.82) is 0 Å². The smallest absolute Gasteiger partial charge is 0.256 e. The van der Waals surface area contributed by atoms with Gasteiger partial charge in [0, 0.05) is 26.2 Å². The van der Waals surface area contributed by atoms with E-state index in [4.69, 9.17) is 0 Å². The minimum atomic E-state index is -3.57. The van der Waals surface area contributed by atoms with Gasteiger partial charge < -0.3 is 10.2 Å². The van der Waals surface area contributed by atoms with Crippen LogP contribution in [0.25, 0.3) is 0 Å². The lowest BCUT2D eigenvalue weighted by molar-refractivity contribution is -0.114. The van der Waals surface area contributed by atoms with Crippen molar-refractivity contribution >= 4 is 33.2 Å². The zero-order valence-electron chi connectivity index (χ0n) is 16.4. The number of amides is 2. The molecule has 0 aliphatic heterocycles. The van der Waals surface area contributed by atoms with E-state index in [9.17, 15) is 18.0 Å². The monoisotopic (exact) mass is 403 g/mol. The molecule has 150 valence electrons. The second-order valence-corrected chi connectivity index (χ2v) is 8.40. The molecule has 0 unspecified atom stereocenters. The molecule has 2 aromatic rings. The number of benzene rings is 2. The normalized spacial score (nSPS) is 11.0. The maximum Gasteiger partial charge on any atom is 0.256 e. The maximum absolute atomic E-state index is 13.0. The first-order chi connectivity index (χ1) is 13.1. The van der Waals surface area contributed by atoms with Crippen LogP contribution in [0.2, 0.25) is 0 Å². The number of anilines is 2. The first-order valence-electron chi connectivity index (χ1n) is 8.81. The van der Waals surface area contributed by atoms with Crippen molar-refractivity contribution in [2.24, 2.45) is 0 Å². The van der Waals surface area contributed by atoms with Crippen molar-refractivity contribution in [3.63, 3.8) is 0 Å². The summed E-state index contributed by atoms with van der Waals surface area (Å²) in [4.78, 5) is 25.8. The number of nitrogens with zero attached hydrogens (tertiary/aromatic N) is 1. The van der Waals surface area contributed by atoms with Crippen molar-refractivity contribution in [3.8, 4) is 0 Å². The molecule has 0 bridgehead atoms. The number of rotatable bonds is 7. The first kappa shape index (κ1) is 21.4. The summed E-state index contributed by atoms with van der Waals surface area (Å²) in [7, 11) is -1.93. The molecular weight excluding hydrogens is 378 g/mol. The van der Waals surface area contributed by atoms with Crippen molar-refractivity contribution < 1.29 is 18.0 Å². The topological polar surface area (TPSA) is 95.6 Å². The van der Waals surface area contributed by atoms with Crippen LogP contribution in [0.15, 0.2) is 42.5 Å². The molecule has 8 heteroatoms. The second kappa shape index (κ2) is 8.88. The number of carbonyl (C=O) groups is 2. The highest BCUT2D eigenvalue weighted by Crippen LogP contribution is 2.24. The lowest BCUT2D eigenvalue weighted by Gasteiger charge is -2.20. The van der Waals surface area contributed by atoms with Crippen molar-refractivity contribution in [2.75, 3.05) is 23.3 Å². The predicted octanol–water partition coefficient (Wildman–Crippen LogP) is 2.85. The summed E-state index contributed by atoms with van der Waals surface area (Å²) in [5, 5.41) is 2.60. The third kappa shape index (κ3) is 6.09. The van der Waals surface area contributed by atoms with E-state index in [1.165, 1.54) is 35.6 Å². The molecule has 0 saturated heterocycles. The van der Waals surface area contributed by atoms with Crippen LogP contribution in [0.1, 0.15) is 35.3 Å². The fraction of sp³-hybridized carbons (Fsp3) is 0.300. The van der Waals surface area contributed by atoms with Gasteiger partial charge in [0.15, 0.2) is 0 Å². The van der Waals surface area contributed by atoms with Crippen LogP contribution in [0.3, 0.4) is 0 Å². The van der Waals surface area contributed by atoms with E-state index < -0.39 is 10.0 Å². The van der Waals surface area contributed by atoms with Gasteiger partial charge in [-0.1, -0.05) is 31.2 Å². The number of hydrogen-bond acceptors (Lipinski definition) is 4. The van der Waals surface area contributed by atoms with Crippen LogP contribution in [-0.4, -0.2) is 38.4 Å². The highest BCUT2D eigenvalue weighted by molar-refractivity contribution is 7.92. The number of sulfonamides is 1. The van der Waals surface area contributed by atoms with E-state index in [1.807, 2.05) is 24.3 Å². The Kier molecular flexibility index (Phi) is 6.80. The van der Waals surface area contributed by atoms with Crippen LogP contribution >= 0.6 is 0 Å². The van der Waals surface area contributed by atoms with E-state index in [0.29, 0.717) is 12.2 Å². The van der Waals surface area contributed by atoms with Crippen LogP contribution in [0.4, 0.5) is 11.4 Å². The Morgan fingerprint density at radius 3 is 2.18 bits per heavy atom. The minimum absolute atomic E-state index is 0.157. The van der Waals surface area contributed by atoms with Crippen molar-refractivity contribution in [2.45, 2.75) is 26.8 Å². The summed E-state index contributed by atoms with van der Waals surface area (Å²) in [6, 6.07) is 12.4. The van der Waals surface area contributed by atoms with E-state index in [0.717, 1.165) is 18.2 Å². The zero-order chi connectivity index (χ0) is 20.9. The number of carbonyl (C=O) groups excluding carboxylic acids is 2. The van der Waals surface area contributed by atoms with Gasteiger partial charge in [-0.3, -0.25) is 14.3 Å².